The van der Waals surface area contributed by atoms with Gasteiger partial charge in [0.1, 0.15) is 11.6 Å². The number of carboxylic acid groups (broad SMARTS) is 1. The SMILES string of the molecule is CN(C)Cc1ccc(NC(=C2C(=O)Nc3cc(F)ccc32)c2cccc(OCC(=O)O)c2)cc1. The summed E-state index contributed by atoms with van der Waals surface area (Å²) >= 11 is 0. The molecule has 1 aliphatic rings. The first-order valence-corrected chi connectivity index (χ1v) is 10.6. The maximum absolute atomic E-state index is 13.8. The molecule has 1 amide bonds. The lowest BCUT2D eigenvalue weighted by Crippen LogP contribution is -2.12. The molecule has 1 aliphatic heterocycles. The topological polar surface area (TPSA) is 90.9 Å². The molecule has 0 spiro atoms. The molecule has 0 aliphatic carbocycles. The van der Waals surface area contributed by atoms with Crippen LogP contribution < -0.4 is 15.4 Å². The van der Waals surface area contributed by atoms with Crippen molar-refractivity contribution in [1.29, 1.82) is 0 Å². The maximum Gasteiger partial charge on any atom is 0.341 e. The molecule has 3 aromatic carbocycles. The van der Waals surface area contributed by atoms with Gasteiger partial charge in [0.05, 0.1) is 17.0 Å². The van der Waals surface area contributed by atoms with E-state index in [1.54, 1.807) is 30.3 Å². The van der Waals surface area contributed by atoms with Crippen LogP contribution in [0.2, 0.25) is 0 Å². The van der Waals surface area contributed by atoms with E-state index in [4.69, 9.17) is 9.84 Å². The number of fused-ring (bicyclic) bond motifs is 1. The van der Waals surface area contributed by atoms with E-state index in [1.165, 1.54) is 12.1 Å². The maximum atomic E-state index is 13.8. The Kier molecular flexibility index (Phi) is 6.60. The summed E-state index contributed by atoms with van der Waals surface area (Å²) in [6, 6.07) is 18.8. The van der Waals surface area contributed by atoms with Crippen molar-refractivity contribution >= 4 is 34.5 Å². The van der Waals surface area contributed by atoms with Gasteiger partial charge in [0.15, 0.2) is 6.61 Å². The fourth-order valence-corrected chi connectivity index (χ4v) is 3.76. The van der Waals surface area contributed by atoms with Crippen LogP contribution >= 0.6 is 0 Å². The smallest absolute Gasteiger partial charge is 0.341 e. The number of hydrogen-bond acceptors (Lipinski definition) is 5. The fraction of sp³-hybridized carbons (Fsp3) is 0.154. The minimum atomic E-state index is -1.09. The van der Waals surface area contributed by atoms with Crippen LogP contribution in [0.4, 0.5) is 15.8 Å². The van der Waals surface area contributed by atoms with Crippen molar-refractivity contribution in [2.24, 2.45) is 0 Å². The molecular formula is C26H24FN3O4. The minimum Gasteiger partial charge on any atom is -0.482 e. The molecule has 0 bridgehead atoms. The number of carbonyl (C=O) groups is 2. The van der Waals surface area contributed by atoms with Crippen LogP contribution in [-0.4, -0.2) is 42.6 Å². The second-order valence-electron chi connectivity index (χ2n) is 8.16. The fourth-order valence-electron chi connectivity index (χ4n) is 3.76. The molecule has 34 heavy (non-hydrogen) atoms. The zero-order chi connectivity index (χ0) is 24.2. The van der Waals surface area contributed by atoms with Crippen LogP contribution in [0.15, 0.2) is 66.7 Å². The number of nitrogens with one attached hydrogen (secondary N) is 2. The van der Waals surface area contributed by atoms with Gasteiger partial charge in [-0.2, -0.15) is 0 Å². The van der Waals surface area contributed by atoms with E-state index in [1.807, 2.05) is 38.4 Å². The minimum absolute atomic E-state index is 0.346. The van der Waals surface area contributed by atoms with E-state index in [2.05, 4.69) is 15.5 Å². The predicted molar refractivity (Wildman–Crippen MR) is 129 cm³/mol. The van der Waals surface area contributed by atoms with Gasteiger partial charge in [0.2, 0.25) is 0 Å². The van der Waals surface area contributed by atoms with Crippen molar-refractivity contribution in [2.75, 3.05) is 31.3 Å². The van der Waals surface area contributed by atoms with E-state index < -0.39 is 18.4 Å². The second kappa shape index (κ2) is 9.76. The van der Waals surface area contributed by atoms with E-state index in [9.17, 15) is 14.0 Å². The second-order valence-corrected chi connectivity index (χ2v) is 8.16. The molecule has 4 rings (SSSR count). The molecule has 0 radical (unpaired) electrons. The molecule has 0 unspecified atom stereocenters. The van der Waals surface area contributed by atoms with Crippen molar-refractivity contribution in [1.82, 2.24) is 4.90 Å². The lowest BCUT2D eigenvalue weighted by molar-refractivity contribution is -0.139. The number of aliphatic carboxylic acids is 1. The molecule has 1 heterocycles. The number of anilines is 2. The van der Waals surface area contributed by atoms with Crippen molar-refractivity contribution in [2.45, 2.75) is 6.54 Å². The summed E-state index contributed by atoms with van der Waals surface area (Å²) in [7, 11) is 3.99. The number of carbonyl (C=O) groups excluding carboxylic acids is 1. The average Bonchev–Trinajstić information content (AvgIpc) is 3.11. The Morgan fingerprint density at radius 2 is 1.85 bits per heavy atom. The van der Waals surface area contributed by atoms with Crippen molar-refractivity contribution in [3.8, 4) is 5.75 Å². The molecule has 0 aromatic heterocycles. The summed E-state index contributed by atoms with van der Waals surface area (Å²) in [5, 5.41) is 15.0. The Morgan fingerprint density at radius 3 is 2.56 bits per heavy atom. The van der Waals surface area contributed by atoms with Gasteiger partial charge in [0.25, 0.3) is 5.91 Å². The van der Waals surface area contributed by atoms with E-state index in [-0.39, 0.29) is 5.91 Å². The van der Waals surface area contributed by atoms with Gasteiger partial charge in [-0.3, -0.25) is 4.79 Å². The van der Waals surface area contributed by atoms with Gasteiger partial charge in [-0.15, -0.1) is 0 Å². The predicted octanol–water partition coefficient (Wildman–Crippen LogP) is 4.28. The van der Waals surface area contributed by atoms with Gasteiger partial charge < -0.3 is 25.4 Å². The van der Waals surface area contributed by atoms with Crippen LogP contribution in [0.5, 0.6) is 5.75 Å². The van der Waals surface area contributed by atoms with Crippen LogP contribution in [0.1, 0.15) is 16.7 Å². The number of nitrogens with zero attached hydrogens (tertiary/aromatic N) is 1. The first-order chi connectivity index (χ1) is 16.3. The third-order valence-corrected chi connectivity index (χ3v) is 5.18. The van der Waals surface area contributed by atoms with Gasteiger partial charge >= 0.3 is 5.97 Å². The number of halogens is 1. The quantitative estimate of drug-likeness (QED) is 0.434. The zero-order valence-electron chi connectivity index (χ0n) is 18.8. The molecule has 8 heteroatoms. The van der Waals surface area contributed by atoms with E-state index in [0.29, 0.717) is 33.8 Å². The number of amides is 1. The standard InChI is InChI=1S/C26H24FN3O4/c1-30(2)14-16-6-9-19(10-7-16)28-25(17-4-3-5-20(12-17)34-15-23(31)32)24-21-11-8-18(27)13-22(21)29-26(24)33/h3-13,28H,14-15H2,1-2H3,(H,29,33)(H,31,32). The Balaban J connectivity index is 1.78. The molecule has 7 nitrogen and oxygen atoms in total. The summed E-state index contributed by atoms with van der Waals surface area (Å²) in [6.07, 6.45) is 0. The van der Waals surface area contributed by atoms with E-state index in [0.717, 1.165) is 17.8 Å². The first kappa shape index (κ1) is 23.0. The average molecular weight is 461 g/mol. The summed E-state index contributed by atoms with van der Waals surface area (Å²) in [6.45, 7) is 0.303. The highest BCUT2D eigenvalue weighted by Gasteiger charge is 2.29. The molecule has 0 saturated carbocycles. The summed E-state index contributed by atoms with van der Waals surface area (Å²) in [5.41, 5.74) is 4.29. The Morgan fingerprint density at radius 1 is 1.09 bits per heavy atom. The highest BCUT2D eigenvalue weighted by atomic mass is 19.1. The van der Waals surface area contributed by atoms with Gasteiger partial charge in [-0.1, -0.05) is 24.3 Å². The van der Waals surface area contributed by atoms with Crippen LogP contribution in [0.25, 0.3) is 11.3 Å². The van der Waals surface area contributed by atoms with Crippen molar-refractivity contribution < 1.29 is 23.8 Å². The van der Waals surface area contributed by atoms with Crippen molar-refractivity contribution in [3.05, 3.63) is 89.2 Å². The molecular weight excluding hydrogens is 437 g/mol. The van der Waals surface area contributed by atoms with Crippen molar-refractivity contribution in [3.63, 3.8) is 0 Å². The normalized spacial score (nSPS) is 13.9. The number of carboxylic acids is 1. The molecule has 0 fully saturated rings. The third kappa shape index (κ3) is 5.24. The number of ether oxygens (including phenoxy) is 1. The van der Waals surface area contributed by atoms with Crippen LogP contribution in [0, 0.1) is 5.82 Å². The molecule has 0 atom stereocenters. The number of benzene rings is 3. The first-order valence-electron chi connectivity index (χ1n) is 10.6. The van der Waals surface area contributed by atoms with Gasteiger partial charge in [0, 0.05) is 23.4 Å². The number of rotatable bonds is 8. The molecule has 3 aromatic rings. The molecule has 0 saturated heterocycles. The Bertz CT molecular complexity index is 1270. The van der Waals surface area contributed by atoms with Gasteiger partial charge in [-0.05, 0) is 62.1 Å². The Hall–Kier alpha value is -4.17. The summed E-state index contributed by atoms with van der Waals surface area (Å²) in [5.74, 6) is -1.57. The molecule has 3 N–H and O–H groups in total. The largest absolute Gasteiger partial charge is 0.482 e. The lowest BCUT2D eigenvalue weighted by atomic mass is 9.99. The highest BCUT2D eigenvalue weighted by Crippen LogP contribution is 2.38. The zero-order valence-corrected chi connectivity index (χ0v) is 18.8. The monoisotopic (exact) mass is 461 g/mol. The van der Waals surface area contributed by atoms with Crippen LogP contribution in [0.3, 0.4) is 0 Å². The lowest BCUT2D eigenvalue weighted by Gasteiger charge is -2.16. The Labute approximate surface area is 196 Å². The van der Waals surface area contributed by atoms with Crippen LogP contribution in [-0.2, 0) is 16.1 Å². The third-order valence-electron chi connectivity index (χ3n) is 5.18. The molecule has 174 valence electrons. The highest BCUT2D eigenvalue weighted by molar-refractivity contribution is 6.37. The summed E-state index contributed by atoms with van der Waals surface area (Å²) in [4.78, 5) is 26.0. The number of hydrogen-bond donors (Lipinski definition) is 3. The van der Waals surface area contributed by atoms with E-state index >= 15 is 0 Å². The summed E-state index contributed by atoms with van der Waals surface area (Å²) < 4.78 is 19.1. The van der Waals surface area contributed by atoms with Gasteiger partial charge in [-0.25, -0.2) is 9.18 Å².